The molecule has 3 N–H and O–H groups in total. The molecule has 66 heavy (non-hydrogen) atoms. The van der Waals surface area contributed by atoms with Crippen molar-refractivity contribution in [3.05, 3.63) is 24.3 Å². The fourth-order valence-electron chi connectivity index (χ4n) is 9.16. The summed E-state index contributed by atoms with van der Waals surface area (Å²) in [5.74, 6) is -0.105. The molecule has 0 spiro atoms. The van der Waals surface area contributed by atoms with Crippen molar-refractivity contribution in [1.82, 2.24) is 5.32 Å². The predicted octanol–water partition coefficient (Wildman–Crippen LogP) is 18.2. The molecule has 0 bridgehead atoms. The summed E-state index contributed by atoms with van der Waals surface area (Å²) >= 11 is 0. The van der Waals surface area contributed by atoms with E-state index >= 15 is 0 Å². The van der Waals surface area contributed by atoms with E-state index in [1.807, 2.05) is 6.08 Å². The average molecular weight is 931 g/mol. The van der Waals surface area contributed by atoms with Gasteiger partial charge in [-0.2, -0.15) is 0 Å². The number of amides is 1. The third-order valence-electron chi connectivity index (χ3n) is 13.7. The van der Waals surface area contributed by atoms with Crippen molar-refractivity contribution in [1.29, 1.82) is 0 Å². The summed E-state index contributed by atoms with van der Waals surface area (Å²) < 4.78 is 5.48. The predicted molar refractivity (Wildman–Crippen MR) is 287 cm³/mol. The zero-order chi connectivity index (χ0) is 47.9. The fraction of sp³-hybridized carbons (Fsp3) is 0.900. The van der Waals surface area contributed by atoms with Crippen molar-refractivity contribution in [3.63, 3.8) is 0 Å². The maximum absolute atomic E-state index is 12.5. The quantitative estimate of drug-likeness (QED) is 0.0321. The van der Waals surface area contributed by atoms with Gasteiger partial charge in [0.15, 0.2) is 0 Å². The Morgan fingerprint density at radius 1 is 0.409 bits per heavy atom. The minimum Gasteiger partial charge on any atom is -0.466 e. The molecule has 1 amide bonds. The molecule has 0 aromatic rings. The second kappa shape index (κ2) is 55.9. The molecule has 0 radical (unpaired) electrons. The SMILES string of the molecule is CCCCCCCCCCCCCCCCCCC/C=C/C(O)C(CO)NC(=O)CCCCC/C=C\CCCCCCCCOC(=O)CCCCCCCCCCCCCCCCCCC. The van der Waals surface area contributed by atoms with Crippen LogP contribution in [-0.2, 0) is 14.3 Å². The van der Waals surface area contributed by atoms with Gasteiger partial charge in [-0.25, -0.2) is 0 Å². The van der Waals surface area contributed by atoms with Crippen LogP contribution in [0.3, 0.4) is 0 Å². The van der Waals surface area contributed by atoms with Crippen LogP contribution < -0.4 is 5.32 Å². The van der Waals surface area contributed by atoms with E-state index in [1.165, 1.54) is 225 Å². The van der Waals surface area contributed by atoms with Crippen LogP contribution in [0.4, 0.5) is 0 Å². The van der Waals surface area contributed by atoms with Crippen LogP contribution in [0.5, 0.6) is 0 Å². The minimum atomic E-state index is -0.862. The van der Waals surface area contributed by atoms with Crippen LogP contribution in [0.25, 0.3) is 0 Å². The molecule has 0 saturated carbocycles. The van der Waals surface area contributed by atoms with Gasteiger partial charge in [0.05, 0.1) is 25.4 Å². The van der Waals surface area contributed by atoms with E-state index in [2.05, 4.69) is 31.3 Å². The number of esters is 1. The highest BCUT2D eigenvalue weighted by atomic mass is 16.5. The molecule has 0 aromatic heterocycles. The highest BCUT2D eigenvalue weighted by Crippen LogP contribution is 2.17. The first-order valence-electron chi connectivity index (χ1n) is 29.6. The number of allylic oxidation sites excluding steroid dienone is 3. The first-order valence-corrected chi connectivity index (χ1v) is 29.6. The van der Waals surface area contributed by atoms with Crippen molar-refractivity contribution in [2.75, 3.05) is 13.2 Å². The second-order valence-corrected chi connectivity index (χ2v) is 20.3. The maximum Gasteiger partial charge on any atom is 0.305 e. The van der Waals surface area contributed by atoms with Gasteiger partial charge in [0.25, 0.3) is 0 Å². The minimum absolute atomic E-state index is 0.00965. The molecule has 0 heterocycles. The number of carbonyl (C=O) groups excluding carboxylic acids is 2. The fourth-order valence-corrected chi connectivity index (χ4v) is 9.16. The number of unbranched alkanes of at least 4 members (excludes halogenated alkanes) is 42. The van der Waals surface area contributed by atoms with Gasteiger partial charge in [0.2, 0.25) is 5.91 Å². The Morgan fingerprint density at radius 2 is 0.712 bits per heavy atom. The highest BCUT2D eigenvalue weighted by molar-refractivity contribution is 5.76. The Morgan fingerprint density at radius 3 is 1.09 bits per heavy atom. The topological polar surface area (TPSA) is 95.9 Å². The van der Waals surface area contributed by atoms with E-state index in [1.54, 1.807) is 6.08 Å². The Kier molecular flexibility index (Phi) is 54.5. The Hall–Kier alpha value is -1.66. The van der Waals surface area contributed by atoms with Crippen molar-refractivity contribution >= 4 is 11.9 Å². The smallest absolute Gasteiger partial charge is 0.305 e. The van der Waals surface area contributed by atoms with Crippen molar-refractivity contribution in [3.8, 4) is 0 Å². The standard InChI is InChI=1S/C60H115NO5/c1-3-5-7-9-11-13-15-17-19-21-22-24-25-28-32-36-40-44-48-52-58(63)57(56-62)61-59(64)53-49-45-41-37-33-29-27-31-35-39-43-47-51-55-66-60(65)54-50-46-42-38-34-30-26-23-20-18-16-14-12-10-8-6-4-2/h29,33,48,52,57-58,62-63H,3-28,30-32,34-47,49-51,53-56H2,1-2H3,(H,61,64)/b33-29-,52-48+. The highest BCUT2D eigenvalue weighted by Gasteiger charge is 2.18. The van der Waals surface area contributed by atoms with Crippen molar-refractivity contribution in [2.45, 2.75) is 334 Å². The zero-order valence-electron chi connectivity index (χ0n) is 44.4. The van der Waals surface area contributed by atoms with Gasteiger partial charge in [-0.15, -0.1) is 0 Å². The lowest BCUT2D eigenvalue weighted by molar-refractivity contribution is -0.143. The van der Waals surface area contributed by atoms with Gasteiger partial charge in [0, 0.05) is 12.8 Å². The number of hydrogen-bond donors (Lipinski definition) is 3. The van der Waals surface area contributed by atoms with Crippen LogP contribution >= 0.6 is 0 Å². The molecule has 6 nitrogen and oxygen atoms in total. The third-order valence-corrected chi connectivity index (χ3v) is 13.7. The van der Waals surface area contributed by atoms with Crippen LogP contribution in [-0.4, -0.2) is 47.4 Å². The van der Waals surface area contributed by atoms with Gasteiger partial charge in [-0.05, 0) is 57.8 Å². The number of rotatable bonds is 55. The molecule has 0 aromatic carbocycles. The van der Waals surface area contributed by atoms with Crippen LogP contribution in [0.2, 0.25) is 0 Å². The van der Waals surface area contributed by atoms with Gasteiger partial charge in [0.1, 0.15) is 0 Å². The zero-order valence-corrected chi connectivity index (χ0v) is 44.4. The first-order chi connectivity index (χ1) is 32.5. The number of aliphatic hydroxyl groups is 2. The molecular weight excluding hydrogens is 815 g/mol. The van der Waals surface area contributed by atoms with E-state index < -0.39 is 12.1 Å². The monoisotopic (exact) mass is 930 g/mol. The lowest BCUT2D eigenvalue weighted by atomic mass is 10.0. The second-order valence-electron chi connectivity index (χ2n) is 20.3. The van der Waals surface area contributed by atoms with E-state index in [-0.39, 0.29) is 18.5 Å². The Labute approximate surface area is 411 Å². The Bertz CT molecular complexity index is 1030. The Balaban J connectivity index is 3.50. The molecule has 2 atom stereocenters. The number of carbonyl (C=O) groups is 2. The molecular formula is C60H115NO5. The number of ether oxygens (including phenoxy) is 1. The normalized spacial score (nSPS) is 12.7. The first kappa shape index (κ1) is 64.3. The van der Waals surface area contributed by atoms with Gasteiger partial charge in [-0.1, -0.05) is 276 Å². The van der Waals surface area contributed by atoms with E-state index in [9.17, 15) is 19.8 Å². The van der Waals surface area contributed by atoms with Gasteiger partial charge < -0.3 is 20.3 Å². The molecule has 390 valence electrons. The summed E-state index contributed by atoms with van der Waals surface area (Å²) in [5.41, 5.74) is 0. The van der Waals surface area contributed by atoms with E-state index in [4.69, 9.17) is 4.74 Å². The van der Waals surface area contributed by atoms with Gasteiger partial charge >= 0.3 is 5.97 Å². The van der Waals surface area contributed by atoms with Crippen LogP contribution in [0.15, 0.2) is 24.3 Å². The number of aliphatic hydroxyl groups excluding tert-OH is 2. The lowest BCUT2D eigenvalue weighted by Crippen LogP contribution is -2.45. The molecule has 0 aliphatic carbocycles. The van der Waals surface area contributed by atoms with Gasteiger partial charge in [-0.3, -0.25) is 9.59 Å². The average Bonchev–Trinajstić information content (AvgIpc) is 3.32. The summed E-state index contributed by atoms with van der Waals surface area (Å²) in [4.78, 5) is 24.5. The third kappa shape index (κ3) is 51.7. The summed E-state index contributed by atoms with van der Waals surface area (Å²) in [6.07, 6.45) is 67.7. The molecule has 6 heteroatoms. The lowest BCUT2D eigenvalue weighted by Gasteiger charge is -2.19. The van der Waals surface area contributed by atoms with Crippen molar-refractivity contribution < 1.29 is 24.5 Å². The summed E-state index contributed by atoms with van der Waals surface area (Å²) in [7, 11) is 0. The van der Waals surface area contributed by atoms with E-state index in [0.717, 1.165) is 70.6 Å². The summed E-state index contributed by atoms with van der Waals surface area (Å²) in [6.45, 7) is 4.89. The van der Waals surface area contributed by atoms with E-state index in [0.29, 0.717) is 19.4 Å². The molecule has 0 saturated heterocycles. The largest absolute Gasteiger partial charge is 0.466 e. The molecule has 0 aliphatic heterocycles. The van der Waals surface area contributed by atoms with Crippen LogP contribution in [0.1, 0.15) is 322 Å². The molecule has 0 fully saturated rings. The van der Waals surface area contributed by atoms with Crippen molar-refractivity contribution in [2.24, 2.45) is 0 Å². The molecule has 2 unspecified atom stereocenters. The number of nitrogens with one attached hydrogen (secondary N) is 1. The summed E-state index contributed by atoms with van der Waals surface area (Å²) in [6, 6.07) is -0.648. The molecule has 0 rings (SSSR count). The number of hydrogen-bond acceptors (Lipinski definition) is 5. The maximum atomic E-state index is 12.5. The summed E-state index contributed by atoms with van der Waals surface area (Å²) in [5, 5.41) is 23.1. The molecule has 0 aliphatic rings. The van der Waals surface area contributed by atoms with Crippen LogP contribution in [0, 0.1) is 0 Å².